The maximum Gasteiger partial charge on any atom is 0.0952 e. The molecular formula is C15H25NO. The first-order chi connectivity index (χ1) is 8.17. The fourth-order valence-corrected chi connectivity index (χ4v) is 1.68. The van der Waals surface area contributed by atoms with Gasteiger partial charge in [-0.15, -0.1) is 0 Å². The zero-order valence-corrected chi connectivity index (χ0v) is 11.5. The Bertz CT molecular complexity index is 307. The molecule has 0 saturated heterocycles. The Balaban J connectivity index is 2.70. The van der Waals surface area contributed by atoms with Gasteiger partial charge in [-0.2, -0.15) is 0 Å². The lowest BCUT2D eigenvalue weighted by Crippen LogP contribution is -2.25. The first-order valence-corrected chi connectivity index (χ1v) is 6.60. The highest BCUT2D eigenvalue weighted by Gasteiger charge is 2.14. The third-order valence-electron chi connectivity index (χ3n) is 3.00. The van der Waals surface area contributed by atoms with Gasteiger partial charge in [0.2, 0.25) is 0 Å². The zero-order chi connectivity index (χ0) is 12.7. The van der Waals surface area contributed by atoms with Crippen LogP contribution in [-0.2, 0) is 4.74 Å². The molecule has 2 atom stereocenters. The lowest BCUT2D eigenvalue weighted by molar-refractivity contribution is -0.00425. The van der Waals surface area contributed by atoms with Gasteiger partial charge in [0, 0.05) is 6.54 Å². The van der Waals surface area contributed by atoms with Gasteiger partial charge in [0.15, 0.2) is 0 Å². The molecule has 0 heterocycles. The first-order valence-electron chi connectivity index (χ1n) is 6.60. The molecule has 0 radical (unpaired) electrons. The van der Waals surface area contributed by atoms with Crippen molar-refractivity contribution in [1.29, 1.82) is 0 Å². The normalized spacial score (nSPS) is 14.6. The van der Waals surface area contributed by atoms with Crippen LogP contribution in [-0.4, -0.2) is 19.2 Å². The van der Waals surface area contributed by atoms with Crippen molar-refractivity contribution < 1.29 is 4.74 Å². The number of likely N-dealkylation sites (N-methyl/N-ethyl adjacent to an activating group) is 1. The molecule has 0 aliphatic rings. The summed E-state index contributed by atoms with van der Waals surface area (Å²) >= 11 is 0. The minimum atomic E-state index is 0.158. The topological polar surface area (TPSA) is 21.3 Å². The third kappa shape index (κ3) is 4.88. The van der Waals surface area contributed by atoms with Crippen molar-refractivity contribution in [2.24, 2.45) is 0 Å². The standard InChI is InChI=1S/C15H25NO/c1-5-13(4)17-15(11-16-6-2)14-9-7-12(3)8-10-14/h7-10,13,15-16H,5-6,11H2,1-4H3. The first kappa shape index (κ1) is 14.2. The van der Waals surface area contributed by atoms with Crippen LogP contribution in [0.3, 0.4) is 0 Å². The van der Waals surface area contributed by atoms with Gasteiger partial charge in [0.25, 0.3) is 0 Å². The molecule has 1 rings (SSSR count). The second-order valence-corrected chi connectivity index (χ2v) is 4.56. The van der Waals surface area contributed by atoms with Crippen LogP contribution in [0.2, 0.25) is 0 Å². The van der Waals surface area contributed by atoms with E-state index in [4.69, 9.17) is 4.74 Å². The minimum absolute atomic E-state index is 0.158. The number of ether oxygens (including phenoxy) is 1. The monoisotopic (exact) mass is 235 g/mol. The maximum absolute atomic E-state index is 6.07. The molecule has 96 valence electrons. The Hall–Kier alpha value is -0.860. The average molecular weight is 235 g/mol. The largest absolute Gasteiger partial charge is 0.369 e. The molecule has 0 bridgehead atoms. The van der Waals surface area contributed by atoms with Crippen LogP contribution in [0.1, 0.15) is 44.4 Å². The highest BCUT2D eigenvalue weighted by atomic mass is 16.5. The van der Waals surface area contributed by atoms with Gasteiger partial charge in [0.1, 0.15) is 0 Å². The summed E-state index contributed by atoms with van der Waals surface area (Å²) in [6.07, 6.45) is 1.51. The van der Waals surface area contributed by atoms with Gasteiger partial charge < -0.3 is 10.1 Å². The van der Waals surface area contributed by atoms with Gasteiger partial charge >= 0.3 is 0 Å². The van der Waals surface area contributed by atoms with E-state index in [1.54, 1.807) is 0 Å². The van der Waals surface area contributed by atoms with Crippen molar-refractivity contribution in [1.82, 2.24) is 5.32 Å². The van der Waals surface area contributed by atoms with Crippen LogP contribution in [0.5, 0.6) is 0 Å². The molecule has 0 saturated carbocycles. The Morgan fingerprint density at radius 1 is 1.18 bits per heavy atom. The second-order valence-electron chi connectivity index (χ2n) is 4.56. The molecule has 1 N–H and O–H groups in total. The lowest BCUT2D eigenvalue weighted by Gasteiger charge is -2.22. The van der Waals surface area contributed by atoms with Crippen LogP contribution in [0.25, 0.3) is 0 Å². The van der Waals surface area contributed by atoms with E-state index in [9.17, 15) is 0 Å². The zero-order valence-electron chi connectivity index (χ0n) is 11.5. The fourth-order valence-electron chi connectivity index (χ4n) is 1.68. The summed E-state index contributed by atoms with van der Waals surface area (Å²) < 4.78 is 6.07. The molecule has 17 heavy (non-hydrogen) atoms. The molecule has 0 aliphatic carbocycles. The Morgan fingerprint density at radius 2 is 1.82 bits per heavy atom. The summed E-state index contributed by atoms with van der Waals surface area (Å²) in [5.74, 6) is 0. The summed E-state index contributed by atoms with van der Waals surface area (Å²) in [5.41, 5.74) is 2.55. The fraction of sp³-hybridized carbons (Fsp3) is 0.600. The lowest BCUT2D eigenvalue weighted by atomic mass is 10.1. The number of hydrogen-bond acceptors (Lipinski definition) is 2. The number of nitrogens with one attached hydrogen (secondary N) is 1. The van der Waals surface area contributed by atoms with Gasteiger partial charge in [-0.05, 0) is 32.4 Å². The number of benzene rings is 1. The van der Waals surface area contributed by atoms with Crippen LogP contribution in [0.4, 0.5) is 0 Å². The predicted molar refractivity (Wildman–Crippen MR) is 73.3 cm³/mol. The van der Waals surface area contributed by atoms with Crippen LogP contribution in [0.15, 0.2) is 24.3 Å². The molecule has 1 aromatic carbocycles. The summed E-state index contributed by atoms with van der Waals surface area (Å²) in [6.45, 7) is 10.4. The van der Waals surface area contributed by atoms with E-state index in [-0.39, 0.29) is 6.10 Å². The van der Waals surface area contributed by atoms with Crippen molar-refractivity contribution >= 4 is 0 Å². The molecule has 0 aliphatic heterocycles. The molecule has 2 nitrogen and oxygen atoms in total. The third-order valence-corrected chi connectivity index (χ3v) is 3.00. The van der Waals surface area contributed by atoms with Crippen LogP contribution < -0.4 is 5.32 Å². The van der Waals surface area contributed by atoms with Crippen molar-refractivity contribution in [3.8, 4) is 0 Å². The Kier molecular flexibility index (Phi) is 6.23. The molecule has 0 amide bonds. The number of aryl methyl sites for hydroxylation is 1. The maximum atomic E-state index is 6.07. The van der Waals surface area contributed by atoms with Gasteiger partial charge in [-0.25, -0.2) is 0 Å². The Morgan fingerprint density at radius 3 is 2.35 bits per heavy atom. The number of rotatable bonds is 7. The van der Waals surface area contributed by atoms with E-state index in [1.807, 2.05) is 0 Å². The second kappa shape index (κ2) is 7.46. The molecular weight excluding hydrogens is 210 g/mol. The Labute approximate surface area is 105 Å². The SMILES string of the molecule is CCNCC(OC(C)CC)c1ccc(C)cc1. The van der Waals surface area contributed by atoms with Crippen LogP contribution in [0, 0.1) is 6.92 Å². The molecule has 2 unspecified atom stereocenters. The molecule has 0 spiro atoms. The van der Waals surface area contributed by atoms with Gasteiger partial charge in [-0.1, -0.05) is 43.7 Å². The summed E-state index contributed by atoms with van der Waals surface area (Å²) in [4.78, 5) is 0. The molecule has 2 heteroatoms. The van der Waals surface area contributed by atoms with E-state index in [1.165, 1.54) is 11.1 Å². The molecule has 0 fully saturated rings. The predicted octanol–water partition coefficient (Wildman–Crippen LogP) is 3.46. The highest BCUT2D eigenvalue weighted by Crippen LogP contribution is 2.20. The van der Waals surface area contributed by atoms with E-state index in [2.05, 4.69) is 57.3 Å². The van der Waals surface area contributed by atoms with Gasteiger partial charge in [0.05, 0.1) is 12.2 Å². The summed E-state index contributed by atoms with van der Waals surface area (Å²) in [5, 5.41) is 3.37. The number of hydrogen-bond donors (Lipinski definition) is 1. The van der Waals surface area contributed by atoms with Crippen molar-refractivity contribution in [2.45, 2.75) is 46.3 Å². The molecule has 0 aromatic heterocycles. The van der Waals surface area contributed by atoms with Gasteiger partial charge in [-0.3, -0.25) is 0 Å². The van der Waals surface area contributed by atoms with E-state index >= 15 is 0 Å². The van der Waals surface area contributed by atoms with Crippen molar-refractivity contribution in [3.05, 3.63) is 35.4 Å². The van der Waals surface area contributed by atoms with E-state index in [0.29, 0.717) is 6.10 Å². The average Bonchev–Trinajstić information content (AvgIpc) is 2.35. The van der Waals surface area contributed by atoms with Crippen molar-refractivity contribution in [3.63, 3.8) is 0 Å². The van der Waals surface area contributed by atoms with Crippen molar-refractivity contribution in [2.75, 3.05) is 13.1 Å². The van der Waals surface area contributed by atoms with E-state index in [0.717, 1.165) is 19.5 Å². The van der Waals surface area contributed by atoms with E-state index < -0.39 is 0 Å². The molecule has 1 aromatic rings. The van der Waals surface area contributed by atoms with Crippen LogP contribution >= 0.6 is 0 Å². The smallest absolute Gasteiger partial charge is 0.0952 e. The highest BCUT2D eigenvalue weighted by molar-refractivity contribution is 5.23. The minimum Gasteiger partial charge on any atom is -0.369 e. The summed E-state index contributed by atoms with van der Waals surface area (Å²) in [6, 6.07) is 8.63. The quantitative estimate of drug-likeness (QED) is 0.781. The summed E-state index contributed by atoms with van der Waals surface area (Å²) in [7, 11) is 0.